The molecular weight excluding hydrogens is 241 g/mol. The van der Waals surface area contributed by atoms with Crippen molar-refractivity contribution in [1.82, 2.24) is 0 Å². The van der Waals surface area contributed by atoms with Crippen LogP contribution in [0.3, 0.4) is 0 Å². The number of hydrogen-bond donors (Lipinski definition) is 1. The molecule has 0 radical (unpaired) electrons. The first-order chi connectivity index (χ1) is 8.86. The minimum atomic E-state index is -0.457. The average Bonchev–Trinajstić information content (AvgIpc) is 2.32. The van der Waals surface area contributed by atoms with Crippen LogP contribution < -0.4 is 10.5 Å². The molecule has 0 aliphatic carbocycles. The molecule has 0 bridgehead atoms. The van der Waals surface area contributed by atoms with Crippen molar-refractivity contribution in [1.29, 1.82) is 0 Å². The van der Waals surface area contributed by atoms with Crippen LogP contribution in [0.4, 0.5) is 10.1 Å². The molecule has 19 heavy (non-hydrogen) atoms. The summed E-state index contributed by atoms with van der Waals surface area (Å²) in [5.74, 6) is 0.345. The lowest BCUT2D eigenvalue weighted by atomic mass is 9.87. The third-order valence-electron chi connectivity index (χ3n) is 2.88. The second-order valence-electron chi connectivity index (χ2n) is 5.57. The second kappa shape index (κ2) is 4.92. The summed E-state index contributed by atoms with van der Waals surface area (Å²) in [6, 6.07) is 12.1. The van der Waals surface area contributed by atoms with Crippen LogP contribution in [0, 0.1) is 5.82 Å². The van der Waals surface area contributed by atoms with Gasteiger partial charge in [-0.1, -0.05) is 32.9 Å². The van der Waals surface area contributed by atoms with Gasteiger partial charge in [-0.15, -0.1) is 0 Å². The Bertz CT molecular complexity index is 588. The molecule has 2 rings (SSSR count). The molecule has 0 aliphatic rings. The third kappa shape index (κ3) is 3.25. The van der Waals surface area contributed by atoms with Gasteiger partial charge in [0.1, 0.15) is 5.75 Å². The van der Waals surface area contributed by atoms with Gasteiger partial charge < -0.3 is 10.5 Å². The van der Waals surface area contributed by atoms with Gasteiger partial charge in [0.25, 0.3) is 0 Å². The Labute approximate surface area is 113 Å². The summed E-state index contributed by atoms with van der Waals surface area (Å²) in [5.41, 5.74) is 7.06. The van der Waals surface area contributed by atoms with Crippen molar-refractivity contribution in [2.24, 2.45) is 0 Å². The van der Waals surface area contributed by atoms with E-state index in [1.807, 2.05) is 24.3 Å². The van der Waals surface area contributed by atoms with Crippen LogP contribution in [-0.2, 0) is 5.41 Å². The van der Waals surface area contributed by atoms with E-state index < -0.39 is 5.82 Å². The highest BCUT2D eigenvalue weighted by atomic mass is 19.1. The smallest absolute Gasteiger partial charge is 0.167 e. The molecule has 3 heteroatoms. The molecule has 100 valence electrons. The van der Waals surface area contributed by atoms with Crippen molar-refractivity contribution in [3.05, 3.63) is 53.8 Å². The summed E-state index contributed by atoms with van der Waals surface area (Å²) in [5, 5.41) is 0. The summed E-state index contributed by atoms with van der Waals surface area (Å²) < 4.78 is 19.2. The normalized spacial score (nSPS) is 11.4. The molecule has 0 heterocycles. The van der Waals surface area contributed by atoms with Gasteiger partial charge >= 0.3 is 0 Å². The number of halogens is 1. The van der Waals surface area contributed by atoms with E-state index in [0.29, 0.717) is 11.4 Å². The minimum absolute atomic E-state index is 0.0268. The number of anilines is 1. The first-order valence-electron chi connectivity index (χ1n) is 6.20. The van der Waals surface area contributed by atoms with Gasteiger partial charge in [-0.2, -0.15) is 0 Å². The fourth-order valence-electron chi connectivity index (χ4n) is 1.75. The predicted molar refractivity (Wildman–Crippen MR) is 76.0 cm³/mol. The molecule has 0 saturated carbocycles. The Morgan fingerprint density at radius 3 is 2.42 bits per heavy atom. The second-order valence-corrected chi connectivity index (χ2v) is 5.57. The molecule has 0 fully saturated rings. The van der Waals surface area contributed by atoms with E-state index in [-0.39, 0.29) is 11.2 Å². The number of benzene rings is 2. The van der Waals surface area contributed by atoms with Gasteiger partial charge in [-0.3, -0.25) is 0 Å². The highest BCUT2D eigenvalue weighted by molar-refractivity contribution is 5.44. The Morgan fingerprint density at radius 1 is 1.05 bits per heavy atom. The number of ether oxygens (including phenoxy) is 1. The zero-order chi connectivity index (χ0) is 14.0. The Balaban J connectivity index is 2.29. The Hall–Kier alpha value is -2.03. The van der Waals surface area contributed by atoms with Crippen molar-refractivity contribution in [2.75, 3.05) is 5.73 Å². The third-order valence-corrected chi connectivity index (χ3v) is 2.88. The topological polar surface area (TPSA) is 35.2 Å². The molecule has 2 nitrogen and oxygen atoms in total. The first-order valence-corrected chi connectivity index (χ1v) is 6.20. The molecule has 0 aliphatic heterocycles. The SMILES string of the molecule is CC(C)(C)c1cccc(Oc2ccc(N)cc2F)c1. The van der Waals surface area contributed by atoms with Crippen molar-refractivity contribution in [3.8, 4) is 11.5 Å². The van der Waals surface area contributed by atoms with Crippen LogP contribution in [0.1, 0.15) is 26.3 Å². The quantitative estimate of drug-likeness (QED) is 0.806. The van der Waals surface area contributed by atoms with E-state index in [2.05, 4.69) is 20.8 Å². The van der Waals surface area contributed by atoms with Crippen LogP contribution in [0.15, 0.2) is 42.5 Å². The van der Waals surface area contributed by atoms with Crippen molar-refractivity contribution in [2.45, 2.75) is 26.2 Å². The maximum absolute atomic E-state index is 13.7. The van der Waals surface area contributed by atoms with Crippen LogP contribution in [0.25, 0.3) is 0 Å². The van der Waals surface area contributed by atoms with E-state index in [9.17, 15) is 4.39 Å². The Morgan fingerprint density at radius 2 is 1.79 bits per heavy atom. The van der Waals surface area contributed by atoms with E-state index in [1.54, 1.807) is 6.07 Å². The van der Waals surface area contributed by atoms with Crippen LogP contribution in [0.2, 0.25) is 0 Å². The zero-order valence-corrected chi connectivity index (χ0v) is 11.4. The van der Waals surface area contributed by atoms with Crippen molar-refractivity contribution >= 4 is 5.69 Å². The number of nitrogens with two attached hydrogens (primary N) is 1. The van der Waals surface area contributed by atoms with Gasteiger partial charge in [0, 0.05) is 11.8 Å². The summed E-state index contributed by atoms with van der Waals surface area (Å²) in [4.78, 5) is 0. The molecule has 2 aromatic carbocycles. The Kier molecular flexibility index (Phi) is 3.47. The summed E-state index contributed by atoms with van der Waals surface area (Å²) >= 11 is 0. The summed E-state index contributed by atoms with van der Waals surface area (Å²) in [7, 11) is 0. The molecule has 0 saturated heterocycles. The highest BCUT2D eigenvalue weighted by Crippen LogP contribution is 2.30. The number of hydrogen-bond acceptors (Lipinski definition) is 2. The molecule has 2 aromatic rings. The van der Waals surface area contributed by atoms with Crippen LogP contribution in [0.5, 0.6) is 11.5 Å². The van der Waals surface area contributed by atoms with Crippen LogP contribution >= 0.6 is 0 Å². The van der Waals surface area contributed by atoms with Gasteiger partial charge in [0.15, 0.2) is 11.6 Å². The minimum Gasteiger partial charge on any atom is -0.454 e. The molecular formula is C16H18FNO. The predicted octanol–water partition coefficient (Wildman–Crippen LogP) is 4.50. The summed E-state index contributed by atoms with van der Waals surface area (Å²) in [6.07, 6.45) is 0. The van der Waals surface area contributed by atoms with Gasteiger partial charge in [-0.25, -0.2) is 4.39 Å². The average molecular weight is 259 g/mol. The zero-order valence-electron chi connectivity index (χ0n) is 11.4. The lowest BCUT2D eigenvalue weighted by Gasteiger charge is -2.19. The van der Waals surface area contributed by atoms with Gasteiger partial charge in [-0.05, 0) is 35.2 Å². The number of rotatable bonds is 2. The first kappa shape index (κ1) is 13.4. The maximum atomic E-state index is 13.7. The van der Waals surface area contributed by atoms with Crippen LogP contribution in [-0.4, -0.2) is 0 Å². The highest BCUT2D eigenvalue weighted by Gasteiger charge is 2.14. The van der Waals surface area contributed by atoms with E-state index in [0.717, 1.165) is 5.56 Å². The monoisotopic (exact) mass is 259 g/mol. The molecule has 2 N–H and O–H groups in total. The van der Waals surface area contributed by atoms with E-state index in [4.69, 9.17) is 10.5 Å². The molecule has 0 unspecified atom stereocenters. The molecule has 0 atom stereocenters. The lowest BCUT2D eigenvalue weighted by Crippen LogP contribution is -2.10. The molecule has 0 aromatic heterocycles. The number of nitrogen functional groups attached to an aromatic ring is 1. The summed E-state index contributed by atoms with van der Waals surface area (Å²) in [6.45, 7) is 6.36. The lowest BCUT2D eigenvalue weighted by molar-refractivity contribution is 0.440. The fourth-order valence-corrected chi connectivity index (χ4v) is 1.75. The standard InChI is InChI=1S/C16H18FNO/c1-16(2,3)11-5-4-6-13(9-11)19-15-8-7-12(18)10-14(15)17/h4-10H,18H2,1-3H3. The molecule has 0 amide bonds. The van der Waals surface area contributed by atoms with Gasteiger partial charge in [0.05, 0.1) is 0 Å². The van der Waals surface area contributed by atoms with Gasteiger partial charge in [0.2, 0.25) is 0 Å². The molecule has 0 spiro atoms. The fraction of sp³-hybridized carbons (Fsp3) is 0.250. The van der Waals surface area contributed by atoms with Crippen molar-refractivity contribution in [3.63, 3.8) is 0 Å². The van der Waals surface area contributed by atoms with E-state index in [1.165, 1.54) is 12.1 Å². The van der Waals surface area contributed by atoms with Crippen molar-refractivity contribution < 1.29 is 9.13 Å². The largest absolute Gasteiger partial charge is 0.454 e. The maximum Gasteiger partial charge on any atom is 0.167 e. The van der Waals surface area contributed by atoms with E-state index >= 15 is 0 Å².